The predicted molar refractivity (Wildman–Crippen MR) is 95.7 cm³/mol. The summed E-state index contributed by atoms with van der Waals surface area (Å²) in [4.78, 5) is 14.5. The number of nitrogens with zero attached hydrogens (tertiary/aromatic N) is 4. The van der Waals surface area contributed by atoms with Gasteiger partial charge in [0, 0.05) is 24.7 Å². The molecule has 1 fully saturated rings. The highest BCUT2D eigenvalue weighted by Gasteiger charge is 2.26. The van der Waals surface area contributed by atoms with Crippen molar-refractivity contribution in [2.75, 3.05) is 19.7 Å². The quantitative estimate of drug-likeness (QED) is 0.792. The summed E-state index contributed by atoms with van der Waals surface area (Å²) in [5.41, 5.74) is 1.31. The summed E-state index contributed by atoms with van der Waals surface area (Å²) in [6.07, 6.45) is 4.75. The van der Waals surface area contributed by atoms with E-state index in [0.29, 0.717) is 23.8 Å². The molecule has 1 unspecified atom stereocenters. The third-order valence-corrected chi connectivity index (χ3v) is 4.64. The first-order valence-electron chi connectivity index (χ1n) is 8.71. The van der Waals surface area contributed by atoms with Crippen molar-refractivity contribution in [1.29, 1.82) is 0 Å². The van der Waals surface area contributed by atoms with Crippen molar-refractivity contribution in [3.05, 3.63) is 46.7 Å². The third kappa shape index (κ3) is 4.58. The van der Waals surface area contributed by atoms with E-state index >= 15 is 0 Å². The molecule has 7 heteroatoms. The fraction of sp³-hybridized carbons (Fsp3) is 0.500. The van der Waals surface area contributed by atoms with E-state index < -0.39 is 0 Å². The Morgan fingerprint density at radius 2 is 2.24 bits per heavy atom. The number of amides is 1. The Morgan fingerprint density at radius 1 is 1.40 bits per heavy atom. The van der Waals surface area contributed by atoms with Crippen LogP contribution in [0.5, 0.6) is 0 Å². The van der Waals surface area contributed by atoms with Gasteiger partial charge in [-0.15, -0.1) is 5.10 Å². The molecule has 1 saturated heterocycles. The van der Waals surface area contributed by atoms with Gasteiger partial charge in [-0.05, 0) is 30.9 Å². The molecular formula is C18H23ClN4O2. The molecule has 0 bridgehead atoms. The molecule has 3 rings (SSSR count). The molecule has 1 atom stereocenters. The molecule has 0 spiro atoms. The number of piperidine rings is 1. The zero-order valence-electron chi connectivity index (χ0n) is 14.4. The second-order valence-corrected chi connectivity index (χ2v) is 6.69. The molecule has 0 saturated carbocycles. The van der Waals surface area contributed by atoms with Crippen molar-refractivity contribution in [3.63, 3.8) is 0 Å². The number of benzene rings is 1. The highest BCUT2D eigenvalue weighted by Crippen LogP contribution is 2.17. The number of carbonyl (C=O) groups excluding carboxylic acids is 1. The minimum Gasteiger partial charge on any atom is -0.376 e. The normalized spacial score (nSPS) is 17.7. The van der Waals surface area contributed by atoms with Gasteiger partial charge in [-0.3, -0.25) is 4.79 Å². The second-order valence-electron chi connectivity index (χ2n) is 6.28. The summed E-state index contributed by atoms with van der Waals surface area (Å²) in [5, 5.41) is 8.79. The Kier molecular flexibility index (Phi) is 6.04. The number of hydrogen-bond donors (Lipinski definition) is 0. The molecule has 2 aromatic rings. The number of carbonyl (C=O) groups is 1. The number of hydrogen-bond acceptors (Lipinski definition) is 4. The Bertz CT molecular complexity index is 719. The van der Waals surface area contributed by atoms with E-state index in [0.717, 1.165) is 38.0 Å². The molecule has 0 N–H and O–H groups in total. The van der Waals surface area contributed by atoms with Crippen molar-refractivity contribution in [3.8, 4) is 0 Å². The number of rotatable bonds is 6. The Hall–Kier alpha value is -1.92. The van der Waals surface area contributed by atoms with Gasteiger partial charge >= 0.3 is 0 Å². The van der Waals surface area contributed by atoms with E-state index in [4.69, 9.17) is 16.3 Å². The van der Waals surface area contributed by atoms with Crippen LogP contribution in [0, 0.1) is 0 Å². The van der Waals surface area contributed by atoms with Crippen LogP contribution in [0.15, 0.2) is 30.5 Å². The predicted octanol–water partition coefficient (Wildman–Crippen LogP) is 3.01. The first kappa shape index (κ1) is 17.9. The van der Waals surface area contributed by atoms with Crippen LogP contribution in [0.4, 0.5) is 0 Å². The van der Waals surface area contributed by atoms with Gasteiger partial charge in [-0.2, -0.15) is 0 Å². The van der Waals surface area contributed by atoms with Gasteiger partial charge in [0.2, 0.25) is 0 Å². The molecule has 134 valence electrons. The van der Waals surface area contributed by atoms with Crippen molar-refractivity contribution in [1.82, 2.24) is 19.9 Å². The van der Waals surface area contributed by atoms with Gasteiger partial charge in [0.25, 0.3) is 5.91 Å². The van der Waals surface area contributed by atoms with E-state index in [2.05, 4.69) is 17.2 Å². The fourth-order valence-corrected chi connectivity index (χ4v) is 3.18. The van der Waals surface area contributed by atoms with Gasteiger partial charge in [0.15, 0.2) is 5.69 Å². The summed E-state index contributed by atoms with van der Waals surface area (Å²) in [6.45, 7) is 4.67. The monoisotopic (exact) mass is 362 g/mol. The van der Waals surface area contributed by atoms with Gasteiger partial charge in [-0.1, -0.05) is 41.9 Å². The zero-order valence-corrected chi connectivity index (χ0v) is 15.2. The van der Waals surface area contributed by atoms with E-state index in [1.54, 1.807) is 10.9 Å². The number of ether oxygens (including phenoxy) is 1. The van der Waals surface area contributed by atoms with Crippen LogP contribution >= 0.6 is 11.6 Å². The van der Waals surface area contributed by atoms with Crippen LogP contribution in [0.25, 0.3) is 0 Å². The van der Waals surface area contributed by atoms with Gasteiger partial charge in [0.05, 0.1) is 18.8 Å². The van der Waals surface area contributed by atoms with Crippen molar-refractivity contribution in [2.24, 2.45) is 0 Å². The molecule has 1 aliphatic rings. The van der Waals surface area contributed by atoms with Crippen molar-refractivity contribution in [2.45, 2.75) is 38.8 Å². The summed E-state index contributed by atoms with van der Waals surface area (Å²) in [5.74, 6) is -0.0878. The Labute approximate surface area is 152 Å². The lowest BCUT2D eigenvalue weighted by Gasteiger charge is -2.32. The van der Waals surface area contributed by atoms with Gasteiger partial charge in [-0.25, -0.2) is 4.68 Å². The summed E-state index contributed by atoms with van der Waals surface area (Å²) < 4.78 is 7.44. The number of likely N-dealkylation sites (tertiary alicyclic amines) is 1. The largest absolute Gasteiger partial charge is 0.376 e. The lowest BCUT2D eigenvalue weighted by molar-refractivity contribution is 0.00192. The SMILES string of the molecule is CCCOC1CCCN(C(=O)c2cn(Cc3ccccc3Cl)nn2)C1. The molecule has 1 amide bonds. The average molecular weight is 363 g/mol. The smallest absolute Gasteiger partial charge is 0.276 e. The van der Waals surface area contributed by atoms with E-state index in [1.165, 1.54) is 0 Å². The number of halogens is 1. The van der Waals surface area contributed by atoms with E-state index in [1.807, 2.05) is 29.2 Å². The molecule has 6 nitrogen and oxygen atoms in total. The maximum atomic E-state index is 12.7. The molecule has 1 aromatic heterocycles. The van der Waals surface area contributed by atoms with Crippen molar-refractivity contribution >= 4 is 17.5 Å². The topological polar surface area (TPSA) is 60.2 Å². The lowest BCUT2D eigenvalue weighted by Crippen LogP contribution is -2.43. The molecule has 0 radical (unpaired) electrons. The molecular weight excluding hydrogens is 340 g/mol. The van der Waals surface area contributed by atoms with Crippen LogP contribution in [0.3, 0.4) is 0 Å². The third-order valence-electron chi connectivity index (χ3n) is 4.27. The lowest BCUT2D eigenvalue weighted by atomic mass is 10.1. The highest BCUT2D eigenvalue weighted by atomic mass is 35.5. The molecule has 2 heterocycles. The van der Waals surface area contributed by atoms with Crippen LogP contribution < -0.4 is 0 Å². The minimum atomic E-state index is -0.0878. The van der Waals surface area contributed by atoms with Crippen LogP contribution in [0.1, 0.15) is 42.2 Å². The maximum absolute atomic E-state index is 12.7. The standard InChI is InChI=1S/C18H23ClN4O2/c1-2-10-25-15-7-5-9-22(12-15)18(24)17-13-23(21-20-17)11-14-6-3-4-8-16(14)19/h3-4,6,8,13,15H,2,5,7,9-12H2,1H3. The molecule has 0 aliphatic carbocycles. The Balaban J connectivity index is 1.63. The zero-order chi connectivity index (χ0) is 17.6. The van der Waals surface area contributed by atoms with Gasteiger partial charge in [0.1, 0.15) is 0 Å². The fourth-order valence-electron chi connectivity index (χ4n) is 2.98. The van der Waals surface area contributed by atoms with E-state index in [-0.39, 0.29) is 12.0 Å². The van der Waals surface area contributed by atoms with Crippen molar-refractivity contribution < 1.29 is 9.53 Å². The summed E-state index contributed by atoms with van der Waals surface area (Å²) >= 11 is 6.17. The van der Waals surface area contributed by atoms with Crippen LogP contribution in [0.2, 0.25) is 5.02 Å². The van der Waals surface area contributed by atoms with Gasteiger partial charge < -0.3 is 9.64 Å². The Morgan fingerprint density at radius 3 is 3.04 bits per heavy atom. The molecule has 25 heavy (non-hydrogen) atoms. The van der Waals surface area contributed by atoms with E-state index in [9.17, 15) is 4.79 Å². The first-order valence-corrected chi connectivity index (χ1v) is 9.09. The van der Waals surface area contributed by atoms with Crippen LogP contribution in [-0.2, 0) is 11.3 Å². The second kappa shape index (κ2) is 8.45. The number of aromatic nitrogens is 3. The summed E-state index contributed by atoms with van der Waals surface area (Å²) in [7, 11) is 0. The average Bonchev–Trinajstić information content (AvgIpc) is 3.10. The highest BCUT2D eigenvalue weighted by molar-refractivity contribution is 6.31. The minimum absolute atomic E-state index is 0.0878. The summed E-state index contributed by atoms with van der Waals surface area (Å²) in [6, 6.07) is 7.58. The van der Waals surface area contributed by atoms with Crippen LogP contribution in [-0.4, -0.2) is 51.6 Å². The maximum Gasteiger partial charge on any atom is 0.276 e. The molecule has 1 aromatic carbocycles. The molecule has 1 aliphatic heterocycles. The first-order chi connectivity index (χ1) is 12.2.